The molecule has 1 heterocycles. The van der Waals surface area contributed by atoms with Crippen LogP contribution in [0.1, 0.15) is 34.8 Å². The van der Waals surface area contributed by atoms with Crippen molar-refractivity contribution in [3.63, 3.8) is 0 Å². The molecule has 0 amide bonds. The van der Waals surface area contributed by atoms with E-state index in [0.29, 0.717) is 10.7 Å². The first kappa shape index (κ1) is 13.9. The van der Waals surface area contributed by atoms with E-state index < -0.39 is 11.8 Å². The molecule has 0 saturated heterocycles. The molecule has 2 aromatic rings. The third-order valence-electron chi connectivity index (χ3n) is 3.24. The summed E-state index contributed by atoms with van der Waals surface area (Å²) in [7, 11) is 0. The van der Waals surface area contributed by atoms with E-state index in [1.54, 1.807) is 4.57 Å². The molecule has 3 rings (SSSR count). The lowest BCUT2D eigenvalue weighted by Gasteiger charge is -2.06. The summed E-state index contributed by atoms with van der Waals surface area (Å²) in [5.74, 6) is -1.36. The summed E-state index contributed by atoms with van der Waals surface area (Å²) in [6.07, 6.45) is 1.88. The highest BCUT2D eigenvalue weighted by atomic mass is 32.2. The predicted molar refractivity (Wildman–Crippen MR) is 74.0 cm³/mol. The molecule has 1 fully saturated rings. The Bertz CT molecular complexity index is 751. The molecule has 8 heteroatoms. The Balaban J connectivity index is 1.84. The first-order valence-electron chi connectivity index (χ1n) is 6.37. The van der Waals surface area contributed by atoms with Crippen molar-refractivity contribution >= 4 is 17.7 Å². The van der Waals surface area contributed by atoms with Crippen molar-refractivity contribution in [1.29, 1.82) is 0 Å². The lowest BCUT2D eigenvalue weighted by molar-refractivity contribution is 0.0696. The number of hydrogen-bond acceptors (Lipinski definition) is 4. The largest absolute Gasteiger partial charge is 0.478 e. The second kappa shape index (κ2) is 5.36. The van der Waals surface area contributed by atoms with Gasteiger partial charge in [-0.15, -0.1) is 5.10 Å². The summed E-state index contributed by atoms with van der Waals surface area (Å²) in [6.45, 7) is 0. The van der Waals surface area contributed by atoms with E-state index in [2.05, 4.69) is 10.2 Å². The number of aromatic carboxylic acids is 1. The van der Waals surface area contributed by atoms with Crippen LogP contribution in [-0.2, 0) is 5.75 Å². The van der Waals surface area contributed by atoms with Crippen molar-refractivity contribution in [2.24, 2.45) is 0 Å². The molecule has 0 radical (unpaired) electrons. The fraction of sp³-hybridized carbons (Fsp3) is 0.308. The van der Waals surface area contributed by atoms with Gasteiger partial charge in [0.25, 0.3) is 0 Å². The van der Waals surface area contributed by atoms with Crippen LogP contribution in [0.2, 0.25) is 0 Å². The Labute approximate surface area is 123 Å². The number of thioether (sulfide) groups is 1. The molecule has 0 spiro atoms. The number of nitrogens with one attached hydrogen (secondary N) is 1. The second-order valence-corrected chi connectivity index (χ2v) is 5.75. The normalized spacial score (nSPS) is 14.3. The van der Waals surface area contributed by atoms with E-state index >= 15 is 0 Å². The number of carboxylic acids is 1. The molecule has 6 nitrogen and oxygen atoms in total. The van der Waals surface area contributed by atoms with Crippen LogP contribution >= 0.6 is 11.8 Å². The zero-order valence-corrected chi connectivity index (χ0v) is 11.7. The van der Waals surface area contributed by atoms with Crippen LogP contribution in [0.25, 0.3) is 0 Å². The van der Waals surface area contributed by atoms with Gasteiger partial charge in [-0.25, -0.2) is 19.1 Å². The van der Waals surface area contributed by atoms with Crippen LogP contribution in [0.3, 0.4) is 0 Å². The zero-order chi connectivity index (χ0) is 15.0. The van der Waals surface area contributed by atoms with Crippen LogP contribution < -0.4 is 5.69 Å². The molecule has 2 N–H and O–H groups in total. The topological polar surface area (TPSA) is 88.0 Å². The second-order valence-electron chi connectivity index (χ2n) is 4.81. The van der Waals surface area contributed by atoms with E-state index in [4.69, 9.17) is 5.11 Å². The van der Waals surface area contributed by atoms with Crippen molar-refractivity contribution in [1.82, 2.24) is 14.8 Å². The average Bonchev–Trinajstić information content (AvgIpc) is 3.20. The number of hydrogen-bond donors (Lipinski definition) is 2. The molecule has 21 heavy (non-hydrogen) atoms. The summed E-state index contributed by atoms with van der Waals surface area (Å²) >= 11 is 1.22. The van der Waals surface area contributed by atoms with Gasteiger partial charge in [-0.2, -0.15) is 0 Å². The Morgan fingerprint density at radius 3 is 2.95 bits per heavy atom. The van der Waals surface area contributed by atoms with Gasteiger partial charge in [0.05, 0.1) is 5.56 Å². The molecule has 0 atom stereocenters. The molecule has 0 aliphatic heterocycles. The molecule has 0 bridgehead atoms. The van der Waals surface area contributed by atoms with Gasteiger partial charge in [-0.05, 0) is 36.6 Å². The number of aromatic nitrogens is 3. The third kappa shape index (κ3) is 2.85. The van der Waals surface area contributed by atoms with E-state index in [1.807, 2.05) is 0 Å². The number of nitrogens with zero attached hydrogens (tertiary/aromatic N) is 2. The SMILES string of the molecule is O=C(O)c1ccc(F)cc1CSc1n[nH]c(=O)n1C1CC1. The molecule has 1 aliphatic carbocycles. The first-order chi connectivity index (χ1) is 10.1. The highest BCUT2D eigenvalue weighted by molar-refractivity contribution is 7.98. The van der Waals surface area contributed by atoms with Gasteiger partial charge in [0.15, 0.2) is 5.16 Å². The summed E-state index contributed by atoms with van der Waals surface area (Å²) in [4.78, 5) is 22.8. The lowest BCUT2D eigenvalue weighted by atomic mass is 10.1. The van der Waals surface area contributed by atoms with Crippen LogP contribution in [0.5, 0.6) is 0 Å². The van der Waals surface area contributed by atoms with Crippen molar-refractivity contribution in [2.45, 2.75) is 29.8 Å². The van der Waals surface area contributed by atoms with E-state index in [0.717, 1.165) is 18.9 Å². The molecule has 1 aromatic heterocycles. The van der Waals surface area contributed by atoms with Crippen LogP contribution in [0.15, 0.2) is 28.2 Å². The Morgan fingerprint density at radius 1 is 1.52 bits per heavy atom. The summed E-state index contributed by atoms with van der Waals surface area (Å²) in [5, 5.41) is 15.9. The summed E-state index contributed by atoms with van der Waals surface area (Å²) < 4.78 is 14.9. The maximum atomic E-state index is 13.3. The minimum absolute atomic E-state index is 0.0553. The quantitative estimate of drug-likeness (QED) is 0.825. The third-order valence-corrected chi connectivity index (χ3v) is 4.24. The molecule has 1 saturated carbocycles. The minimum atomic E-state index is -1.10. The van der Waals surface area contributed by atoms with Gasteiger partial charge < -0.3 is 5.11 Å². The maximum absolute atomic E-state index is 13.3. The first-order valence-corrected chi connectivity index (χ1v) is 7.36. The zero-order valence-electron chi connectivity index (χ0n) is 10.9. The van der Waals surface area contributed by atoms with E-state index in [-0.39, 0.29) is 23.0 Å². The maximum Gasteiger partial charge on any atom is 0.344 e. The van der Waals surface area contributed by atoms with Gasteiger partial charge in [-0.3, -0.25) is 4.57 Å². The van der Waals surface area contributed by atoms with Crippen molar-refractivity contribution in [2.75, 3.05) is 0 Å². The predicted octanol–water partition coefficient (Wildman–Crippen LogP) is 2.04. The number of benzene rings is 1. The number of halogens is 1. The van der Waals surface area contributed by atoms with Gasteiger partial charge in [-0.1, -0.05) is 11.8 Å². The number of aromatic amines is 1. The number of H-pyrrole nitrogens is 1. The highest BCUT2D eigenvalue weighted by Crippen LogP contribution is 2.36. The molecule has 1 aliphatic rings. The fourth-order valence-corrected chi connectivity index (χ4v) is 3.08. The van der Waals surface area contributed by atoms with Gasteiger partial charge in [0, 0.05) is 11.8 Å². The molecular weight excluding hydrogens is 297 g/mol. The Kier molecular flexibility index (Phi) is 3.54. The van der Waals surface area contributed by atoms with Crippen LogP contribution in [-0.4, -0.2) is 25.8 Å². The van der Waals surface area contributed by atoms with Crippen LogP contribution in [0.4, 0.5) is 4.39 Å². The lowest BCUT2D eigenvalue weighted by Crippen LogP contribution is -2.16. The summed E-state index contributed by atoms with van der Waals surface area (Å²) in [6, 6.07) is 3.73. The smallest absolute Gasteiger partial charge is 0.344 e. The molecule has 110 valence electrons. The molecular formula is C13H12FN3O3S. The van der Waals surface area contributed by atoms with Crippen molar-refractivity contribution in [3.8, 4) is 0 Å². The number of carbonyl (C=O) groups is 1. The summed E-state index contributed by atoms with van der Waals surface area (Å²) in [5.41, 5.74) is 0.155. The average molecular weight is 309 g/mol. The monoisotopic (exact) mass is 309 g/mol. The highest BCUT2D eigenvalue weighted by Gasteiger charge is 2.28. The molecule has 1 aromatic carbocycles. The minimum Gasteiger partial charge on any atom is -0.478 e. The number of carboxylic acid groups (broad SMARTS) is 1. The van der Waals surface area contributed by atoms with Gasteiger partial charge in [0.1, 0.15) is 5.82 Å². The van der Waals surface area contributed by atoms with Gasteiger partial charge in [0.2, 0.25) is 0 Å². The van der Waals surface area contributed by atoms with Crippen LogP contribution in [0, 0.1) is 5.82 Å². The molecule has 0 unspecified atom stereocenters. The van der Waals surface area contributed by atoms with E-state index in [1.165, 1.54) is 23.9 Å². The Morgan fingerprint density at radius 2 is 2.29 bits per heavy atom. The van der Waals surface area contributed by atoms with E-state index in [9.17, 15) is 14.0 Å². The fourth-order valence-electron chi connectivity index (χ4n) is 2.08. The van der Waals surface area contributed by atoms with Crippen molar-refractivity contribution in [3.05, 3.63) is 45.6 Å². The van der Waals surface area contributed by atoms with Gasteiger partial charge >= 0.3 is 11.7 Å². The standard InChI is InChI=1S/C13H12FN3O3S/c14-8-1-4-10(11(18)19)7(5-8)6-21-13-16-15-12(20)17(13)9-2-3-9/h1,4-5,9H,2-3,6H2,(H,15,20)(H,18,19). The van der Waals surface area contributed by atoms with Crippen molar-refractivity contribution < 1.29 is 14.3 Å². The number of rotatable bonds is 5. The Hall–Kier alpha value is -2.09.